The maximum absolute atomic E-state index is 13.3. The number of nitrogens with one attached hydrogen (secondary N) is 1. The summed E-state index contributed by atoms with van der Waals surface area (Å²) in [5, 5.41) is 13.5. The average molecular weight is 475 g/mol. The zero-order valence-corrected chi connectivity index (χ0v) is 20.4. The first-order valence-electron chi connectivity index (χ1n) is 12.1. The van der Waals surface area contributed by atoms with Crippen LogP contribution in [0.2, 0.25) is 0 Å². The molecule has 1 aromatic carbocycles. The minimum absolute atomic E-state index is 0.222. The smallest absolute Gasteiger partial charge is 0.252 e. The maximum Gasteiger partial charge on any atom is 0.252 e. The molecule has 6 nitrogen and oxygen atoms in total. The van der Waals surface area contributed by atoms with Gasteiger partial charge in [0.2, 0.25) is 0 Å². The molecule has 0 bridgehead atoms. The summed E-state index contributed by atoms with van der Waals surface area (Å²) >= 11 is 0. The van der Waals surface area contributed by atoms with Crippen molar-refractivity contribution >= 4 is 17.4 Å². The Hall–Kier alpha value is -3.32. The highest BCUT2D eigenvalue weighted by Gasteiger charge is 2.51. The Bertz CT molecular complexity index is 1240. The second-order valence-corrected chi connectivity index (χ2v) is 10.3. The fourth-order valence-electron chi connectivity index (χ4n) is 4.64. The van der Waals surface area contributed by atoms with Crippen molar-refractivity contribution in [3.8, 4) is 0 Å². The van der Waals surface area contributed by atoms with E-state index in [1.54, 1.807) is 13.8 Å². The number of amides is 1. The zero-order valence-electron chi connectivity index (χ0n) is 20.4. The lowest BCUT2D eigenvalue weighted by atomic mass is 10.0. The van der Waals surface area contributed by atoms with Gasteiger partial charge in [-0.3, -0.25) is 9.78 Å². The molecule has 2 N–H and O–H groups in total. The molecule has 1 aliphatic heterocycles. The lowest BCUT2D eigenvalue weighted by molar-refractivity contribution is 0.0929. The first-order valence-corrected chi connectivity index (χ1v) is 12.1. The van der Waals surface area contributed by atoms with Gasteiger partial charge in [-0.2, -0.15) is 0 Å². The molecule has 2 fully saturated rings. The summed E-state index contributed by atoms with van der Waals surface area (Å²) < 4.78 is 13.3. The van der Waals surface area contributed by atoms with Crippen molar-refractivity contribution in [2.75, 3.05) is 11.4 Å². The van der Waals surface area contributed by atoms with Crippen LogP contribution in [0.15, 0.2) is 65.8 Å². The Kier molecular flexibility index (Phi) is 5.63. The number of pyridine rings is 1. The van der Waals surface area contributed by atoms with E-state index in [0.29, 0.717) is 23.1 Å². The Morgan fingerprint density at radius 2 is 2.00 bits per heavy atom. The van der Waals surface area contributed by atoms with Crippen molar-refractivity contribution in [2.24, 2.45) is 10.9 Å². The normalized spacial score (nSPS) is 22.4. The number of aliphatic imine (C=N–C) groups is 1. The molecule has 2 saturated carbocycles. The van der Waals surface area contributed by atoms with E-state index in [4.69, 9.17) is 4.98 Å². The van der Waals surface area contributed by atoms with Crippen LogP contribution in [0, 0.1) is 11.7 Å². The largest absolute Gasteiger partial charge is 0.384 e. The van der Waals surface area contributed by atoms with Crippen molar-refractivity contribution in [2.45, 2.75) is 57.1 Å². The van der Waals surface area contributed by atoms with Gasteiger partial charge in [-0.15, -0.1) is 0 Å². The number of aromatic nitrogens is 1. The molecule has 2 heterocycles. The Morgan fingerprint density at radius 1 is 1.29 bits per heavy atom. The molecular weight excluding hydrogens is 443 g/mol. The van der Waals surface area contributed by atoms with Gasteiger partial charge >= 0.3 is 0 Å². The second-order valence-electron chi connectivity index (χ2n) is 10.3. The third-order valence-corrected chi connectivity index (χ3v) is 7.13. The van der Waals surface area contributed by atoms with E-state index in [1.165, 1.54) is 24.3 Å². The third kappa shape index (κ3) is 4.52. The molecule has 35 heavy (non-hydrogen) atoms. The number of benzene rings is 1. The summed E-state index contributed by atoms with van der Waals surface area (Å²) in [6, 6.07) is 9.65. The lowest BCUT2D eigenvalue weighted by Gasteiger charge is -2.32. The van der Waals surface area contributed by atoms with E-state index in [9.17, 15) is 14.3 Å². The molecule has 0 spiro atoms. The molecule has 0 radical (unpaired) electrons. The van der Waals surface area contributed by atoms with Gasteiger partial charge in [0, 0.05) is 18.0 Å². The van der Waals surface area contributed by atoms with Crippen LogP contribution in [-0.2, 0) is 5.54 Å². The Balaban J connectivity index is 1.44. The minimum atomic E-state index is -1.11. The average Bonchev–Trinajstić information content (AvgIpc) is 3.73. The highest BCUT2D eigenvalue weighted by atomic mass is 19.1. The quantitative estimate of drug-likeness (QED) is 0.465. The van der Waals surface area contributed by atoms with E-state index in [-0.39, 0.29) is 11.7 Å². The van der Waals surface area contributed by atoms with E-state index in [2.05, 4.69) is 27.9 Å². The van der Waals surface area contributed by atoms with Crippen LogP contribution in [0.4, 0.5) is 10.1 Å². The molecule has 182 valence electrons. The molecule has 1 aromatic heterocycles. The van der Waals surface area contributed by atoms with Crippen molar-refractivity contribution in [1.82, 2.24) is 10.3 Å². The van der Waals surface area contributed by atoms with Gasteiger partial charge in [0.1, 0.15) is 17.3 Å². The number of aliphatic hydroxyl groups is 1. The van der Waals surface area contributed by atoms with Gasteiger partial charge < -0.3 is 15.3 Å². The van der Waals surface area contributed by atoms with Gasteiger partial charge in [-0.25, -0.2) is 9.38 Å². The minimum Gasteiger partial charge on any atom is -0.384 e. The number of rotatable bonds is 6. The van der Waals surface area contributed by atoms with Gasteiger partial charge in [-0.1, -0.05) is 12.7 Å². The van der Waals surface area contributed by atoms with E-state index < -0.39 is 11.1 Å². The molecule has 1 amide bonds. The Labute approximate surface area is 205 Å². The van der Waals surface area contributed by atoms with Crippen molar-refractivity contribution < 1.29 is 14.3 Å². The van der Waals surface area contributed by atoms with E-state index in [0.717, 1.165) is 48.7 Å². The number of hydrogen-bond donors (Lipinski definition) is 2. The predicted octanol–water partition coefficient (Wildman–Crippen LogP) is 4.82. The number of carbonyl (C=O) groups excluding carboxylic acids is 1. The van der Waals surface area contributed by atoms with Gasteiger partial charge in [0.05, 0.1) is 28.3 Å². The van der Waals surface area contributed by atoms with Gasteiger partial charge in [0.15, 0.2) is 0 Å². The second kappa shape index (κ2) is 8.41. The maximum atomic E-state index is 13.3. The molecule has 2 atom stereocenters. The predicted molar refractivity (Wildman–Crippen MR) is 135 cm³/mol. The van der Waals surface area contributed by atoms with E-state index >= 15 is 0 Å². The summed E-state index contributed by atoms with van der Waals surface area (Å²) in [6.07, 6.45) is 6.58. The fourth-order valence-corrected chi connectivity index (χ4v) is 4.64. The number of nitrogens with zero attached hydrogens (tertiary/aromatic N) is 3. The lowest BCUT2D eigenvalue weighted by Crippen LogP contribution is -2.38. The Morgan fingerprint density at radius 3 is 2.63 bits per heavy atom. The van der Waals surface area contributed by atoms with Crippen molar-refractivity contribution in [3.05, 3.63) is 83.6 Å². The summed E-state index contributed by atoms with van der Waals surface area (Å²) in [5.41, 5.74) is 2.14. The van der Waals surface area contributed by atoms with Crippen LogP contribution >= 0.6 is 0 Å². The number of hydrogen-bond acceptors (Lipinski definition) is 4. The topological polar surface area (TPSA) is 77.8 Å². The monoisotopic (exact) mass is 474 g/mol. The number of carbonyl (C=O) groups is 1. The van der Waals surface area contributed by atoms with Crippen molar-refractivity contribution in [1.29, 1.82) is 0 Å². The molecule has 2 unspecified atom stereocenters. The summed E-state index contributed by atoms with van der Waals surface area (Å²) in [4.78, 5) is 24.7. The molecule has 0 saturated heterocycles. The molecule has 5 rings (SSSR count). The molecule has 2 aromatic rings. The van der Waals surface area contributed by atoms with Crippen LogP contribution in [0.25, 0.3) is 0 Å². The molecule has 3 aliphatic rings. The highest BCUT2D eigenvalue weighted by molar-refractivity contribution is 6.07. The summed E-state index contributed by atoms with van der Waals surface area (Å²) in [7, 11) is 0. The highest BCUT2D eigenvalue weighted by Crippen LogP contribution is 2.55. The van der Waals surface area contributed by atoms with Crippen LogP contribution in [0.3, 0.4) is 0 Å². The van der Waals surface area contributed by atoms with Crippen LogP contribution < -0.4 is 10.2 Å². The summed E-state index contributed by atoms with van der Waals surface area (Å²) in [6.45, 7) is 10.1. The molecular formula is C28H31FN4O2. The zero-order chi connectivity index (χ0) is 25.0. The van der Waals surface area contributed by atoms with Crippen LogP contribution in [0.5, 0.6) is 0 Å². The molecule has 7 heteroatoms. The number of amidine groups is 1. The number of fused-ring (bicyclic) bond motifs is 3. The first-order chi connectivity index (χ1) is 16.6. The van der Waals surface area contributed by atoms with Crippen molar-refractivity contribution in [3.63, 3.8) is 0 Å². The number of halogens is 1. The fraction of sp³-hybridized carbons (Fsp3) is 0.393. The van der Waals surface area contributed by atoms with Crippen LogP contribution in [0.1, 0.15) is 67.7 Å². The SMILES string of the molecule is C=C(N=C(/C=C\C)N1CC2CC2c2nc(C3(NC(=O)c4ccc(F)cc4)CC3)ccc21)C(C)(C)O. The first kappa shape index (κ1) is 23.4. The summed E-state index contributed by atoms with van der Waals surface area (Å²) in [5.74, 6) is 1.05. The van der Waals surface area contributed by atoms with Gasteiger partial charge in [-0.05, 0) is 88.4 Å². The number of anilines is 1. The molecule has 2 aliphatic carbocycles. The number of allylic oxidation sites excluding steroid dienone is 1. The van der Waals surface area contributed by atoms with E-state index in [1.807, 2.05) is 25.1 Å². The third-order valence-electron chi connectivity index (χ3n) is 7.13. The van der Waals surface area contributed by atoms with Gasteiger partial charge in [0.25, 0.3) is 5.91 Å². The van der Waals surface area contributed by atoms with Crippen LogP contribution in [-0.4, -0.2) is 34.0 Å². The standard InChI is InChI=1S/C28H31FN4O2/c1-5-6-24(30-17(2)27(3,4)35)33-16-19-15-21(19)25-22(33)11-12-23(31-25)28(13-14-28)32-26(34)18-7-9-20(29)10-8-18/h5-12,19,21,35H,2,13-16H2,1,3-4H3,(H,32,34)/b6-5-,30-24?.